The molecule has 1 N–H and O–H groups in total. The van der Waals surface area contributed by atoms with Gasteiger partial charge in [0.1, 0.15) is 0 Å². The van der Waals surface area contributed by atoms with Crippen LogP contribution in [0.25, 0.3) is 0 Å². The number of carbonyl (C=O) groups excluding carboxylic acids is 1. The number of hydrogen-bond acceptors (Lipinski definition) is 5. The molecule has 1 aromatic carbocycles. The third kappa shape index (κ3) is 6.06. The average Bonchev–Trinajstić information content (AvgIpc) is 3.38. The number of guanidine groups is 1. The van der Waals surface area contributed by atoms with Crippen LogP contribution in [0.2, 0.25) is 0 Å². The van der Waals surface area contributed by atoms with Gasteiger partial charge in [-0.1, -0.05) is 6.07 Å². The summed E-state index contributed by atoms with van der Waals surface area (Å²) in [5.74, 6) is 2.75. The molecule has 0 aromatic heterocycles. The SMILES string of the molecule is CN=C(NCCCc1ccc(OC)c(OC)c1)N1CCN(C(C)C(=O)N2CCCC2)CC1. The van der Waals surface area contributed by atoms with Crippen molar-refractivity contribution in [3.63, 3.8) is 0 Å². The number of amides is 1. The molecule has 0 saturated carbocycles. The summed E-state index contributed by atoms with van der Waals surface area (Å²) >= 11 is 0. The van der Waals surface area contributed by atoms with Crippen molar-refractivity contribution in [2.45, 2.75) is 38.6 Å². The number of benzene rings is 1. The van der Waals surface area contributed by atoms with Crippen LogP contribution in [-0.4, -0.2) is 99.7 Å². The molecule has 1 aromatic rings. The maximum atomic E-state index is 12.7. The van der Waals surface area contributed by atoms with Crippen LogP contribution < -0.4 is 14.8 Å². The van der Waals surface area contributed by atoms with Crippen LogP contribution in [0.5, 0.6) is 11.5 Å². The predicted octanol–water partition coefficient (Wildman–Crippen LogP) is 1.84. The van der Waals surface area contributed by atoms with Gasteiger partial charge in [0.05, 0.1) is 20.3 Å². The van der Waals surface area contributed by atoms with Crippen LogP contribution in [0.4, 0.5) is 0 Å². The molecular formula is C24H39N5O3. The van der Waals surface area contributed by atoms with Gasteiger partial charge in [-0.15, -0.1) is 0 Å². The number of nitrogens with one attached hydrogen (secondary N) is 1. The maximum absolute atomic E-state index is 12.7. The number of hydrogen-bond donors (Lipinski definition) is 1. The van der Waals surface area contributed by atoms with Gasteiger partial charge < -0.3 is 24.6 Å². The molecule has 3 rings (SSSR count). The van der Waals surface area contributed by atoms with Crippen molar-refractivity contribution in [3.8, 4) is 11.5 Å². The Balaban J connectivity index is 1.40. The summed E-state index contributed by atoms with van der Waals surface area (Å²) in [7, 11) is 5.15. The van der Waals surface area contributed by atoms with E-state index < -0.39 is 0 Å². The second kappa shape index (κ2) is 11.9. The number of aliphatic imine (C=N–C) groups is 1. The lowest BCUT2D eigenvalue weighted by atomic mass is 10.1. The van der Waals surface area contributed by atoms with Crippen LogP contribution in [-0.2, 0) is 11.2 Å². The second-order valence-corrected chi connectivity index (χ2v) is 8.50. The van der Waals surface area contributed by atoms with Crippen LogP contribution in [0, 0.1) is 0 Å². The minimum atomic E-state index is -0.0355. The lowest BCUT2D eigenvalue weighted by molar-refractivity contribution is -0.135. The average molecular weight is 446 g/mol. The van der Waals surface area contributed by atoms with E-state index in [0.29, 0.717) is 0 Å². The first-order valence-electron chi connectivity index (χ1n) is 11.8. The molecule has 1 atom stereocenters. The van der Waals surface area contributed by atoms with Crippen molar-refractivity contribution in [2.75, 3.05) is 67.1 Å². The third-order valence-electron chi connectivity index (χ3n) is 6.52. The maximum Gasteiger partial charge on any atom is 0.239 e. The molecule has 2 heterocycles. The van der Waals surface area contributed by atoms with Gasteiger partial charge in [-0.05, 0) is 50.3 Å². The van der Waals surface area contributed by atoms with Crippen molar-refractivity contribution >= 4 is 11.9 Å². The lowest BCUT2D eigenvalue weighted by Crippen LogP contribution is -2.57. The minimum Gasteiger partial charge on any atom is -0.493 e. The third-order valence-corrected chi connectivity index (χ3v) is 6.52. The smallest absolute Gasteiger partial charge is 0.239 e. The highest BCUT2D eigenvalue weighted by Crippen LogP contribution is 2.27. The van der Waals surface area contributed by atoms with E-state index in [1.165, 1.54) is 5.56 Å². The van der Waals surface area contributed by atoms with E-state index >= 15 is 0 Å². The number of rotatable bonds is 8. The standard InChI is InChI=1S/C24H39N5O3/c1-19(23(30)28-12-5-6-13-28)27-14-16-29(17-15-27)24(25-2)26-11-7-8-20-9-10-21(31-3)22(18-20)32-4/h9-10,18-19H,5-8,11-17H2,1-4H3,(H,25,26). The summed E-state index contributed by atoms with van der Waals surface area (Å²) < 4.78 is 10.7. The Morgan fingerprint density at radius 3 is 2.34 bits per heavy atom. The number of methoxy groups -OCH3 is 2. The summed E-state index contributed by atoms with van der Waals surface area (Å²) in [4.78, 5) is 23.8. The van der Waals surface area contributed by atoms with Crippen molar-refractivity contribution < 1.29 is 14.3 Å². The topological polar surface area (TPSA) is 69.6 Å². The monoisotopic (exact) mass is 445 g/mol. The van der Waals surface area contributed by atoms with Gasteiger partial charge in [-0.2, -0.15) is 0 Å². The van der Waals surface area contributed by atoms with Gasteiger partial charge in [-0.3, -0.25) is 14.7 Å². The van der Waals surface area contributed by atoms with Crippen LogP contribution >= 0.6 is 0 Å². The highest BCUT2D eigenvalue weighted by Gasteiger charge is 2.30. The number of nitrogens with zero attached hydrogens (tertiary/aromatic N) is 4. The normalized spacial score (nSPS) is 18.6. The lowest BCUT2D eigenvalue weighted by Gasteiger charge is -2.39. The molecule has 32 heavy (non-hydrogen) atoms. The van der Waals surface area contributed by atoms with Crippen molar-refractivity contribution in [1.29, 1.82) is 0 Å². The molecule has 0 spiro atoms. The van der Waals surface area contributed by atoms with Crippen molar-refractivity contribution in [2.24, 2.45) is 4.99 Å². The molecular weight excluding hydrogens is 406 g/mol. The highest BCUT2D eigenvalue weighted by molar-refractivity contribution is 5.82. The summed E-state index contributed by atoms with van der Waals surface area (Å²) in [6.07, 6.45) is 4.23. The number of aryl methyl sites for hydroxylation is 1. The van der Waals surface area contributed by atoms with Crippen LogP contribution in [0.15, 0.2) is 23.2 Å². The summed E-state index contributed by atoms with van der Waals surface area (Å²) in [6.45, 7) is 8.27. The number of ether oxygens (including phenoxy) is 2. The summed E-state index contributed by atoms with van der Waals surface area (Å²) in [6, 6.07) is 6.04. The van der Waals surface area contributed by atoms with Gasteiger partial charge >= 0.3 is 0 Å². The molecule has 2 aliphatic rings. The second-order valence-electron chi connectivity index (χ2n) is 8.50. The van der Waals surface area contributed by atoms with Gasteiger partial charge in [-0.25, -0.2) is 0 Å². The van der Waals surface area contributed by atoms with E-state index in [2.05, 4.69) is 33.1 Å². The highest BCUT2D eigenvalue weighted by atomic mass is 16.5. The Labute approximate surface area is 192 Å². The van der Waals surface area contributed by atoms with Crippen LogP contribution in [0.1, 0.15) is 31.7 Å². The number of likely N-dealkylation sites (tertiary alicyclic amines) is 1. The van der Waals surface area contributed by atoms with Crippen LogP contribution in [0.3, 0.4) is 0 Å². The molecule has 2 aliphatic heterocycles. The Morgan fingerprint density at radius 1 is 1.03 bits per heavy atom. The Hall–Kier alpha value is -2.48. The number of carbonyl (C=O) groups is 1. The van der Waals surface area contributed by atoms with Gasteiger partial charge in [0.15, 0.2) is 17.5 Å². The van der Waals surface area contributed by atoms with E-state index in [1.807, 2.05) is 24.1 Å². The molecule has 178 valence electrons. The quantitative estimate of drug-likeness (QED) is 0.374. The van der Waals surface area contributed by atoms with Crippen molar-refractivity contribution in [1.82, 2.24) is 20.0 Å². The molecule has 0 aliphatic carbocycles. The zero-order chi connectivity index (χ0) is 22.9. The summed E-state index contributed by atoms with van der Waals surface area (Å²) in [5.41, 5.74) is 1.23. The first kappa shape index (κ1) is 24.2. The predicted molar refractivity (Wildman–Crippen MR) is 128 cm³/mol. The van der Waals surface area contributed by atoms with Crippen molar-refractivity contribution in [3.05, 3.63) is 23.8 Å². The fourth-order valence-corrected chi connectivity index (χ4v) is 4.54. The minimum absolute atomic E-state index is 0.0355. The molecule has 1 unspecified atom stereocenters. The Morgan fingerprint density at radius 2 is 1.72 bits per heavy atom. The summed E-state index contributed by atoms with van der Waals surface area (Å²) in [5, 5.41) is 3.50. The molecule has 2 saturated heterocycles. The molecule has 0 radical (unpaired) electrons. The first-order chi connectivity index (χ1) is 15.6. The van der Waals surface area contributed by atoms with E-state index in [9.17, 15) is 4.79 Å². The molecule has 0 bridgehead atoms. The van der Waals surface area contributed by atoms with E-state index in [-0.39, 0.29) is 11.9 Å². The zero-order valence-electron chi connectivity index (χ0n) is 20.1. The largest absolute Gasteiger partial charge is 0.493 e. The molecule has 2 fully saturated rings. The van der Waals surface area contributed by atoms with E-state index in [0.717, 1.165) is 89.0 Å². The molecule has 8 nitrogen and oxygen atoms in total. The van der Waals surface area contributed by atoms with E-state index in [4.69, 9.17) is 9.47 Å². The van der Waals surface area contributed by atoms with Gasteiger partial charge in [0.25, 0.3) is 0 Å². The molecule has 1 amide bonds. The Bertz CT molecular complexity index is 771. The van der Waals surface area contributed by atoms with Gasteiger partial charge in [0.2, 0.25) is 5.91 Å². The fourth-order valence-electron chi connectivity index (χ4n) is 4.54. The van der Waals surface area contributed by atoms with E-state index in [1.54, 1.807) is 14.2 Å². The fraction of sp³-hybridized carbons (Fsp3) is 0.667. The zero-order valence-corrected chi connectivity index (χ0v) is 20.1. The Kier molecular flexibility index (Phi) is 9.02. The molecule has 8 heteroatoms. The number of piperazine rings is 1. The first-order valence-corrected chi connectivity index (χ1v) is 11.8. The van der Waals surface area contributed by atoms with Gasteiger partial charge in [0, 0.05) is 52.9 Å².